The zero-order chi connectivity index (χ0) is 13.9. The van der Waals surface area contributed by atoms with Crippen molar-refractivity contribution in [2.75, 3.05) is 26.9 Å². The lowest BCUT2D eigenvalue weighted by atomic mass is 9.74. The Morgan fingerprint density at radius 2 is 2.16 bits per heavy atom. The minimum atomic E-state index is -0.626. The molecular formula is C14H18FNO3. The molecule has 0 spiro atoms. The van der Waals surface area contributed by atoms with E-state index in [0.29, 0.717) is 31.6 Å². The van der Waals surface area contributed by atoms with Crippen molar-refractivity contribution in [3.8, 4) is 5.75 Å². The molecule has 0 unspecified atom stereocenters. The van der Waals surface area contributed by atoms with Gasteiger partial charge >= 0.3 is 0 Å². The Balaban J connectivity index is 2.29. The van der Waals surface area contributed by atoms with Crippen LogP contribution in [0.15, 0.2) is 18.2 Å². The van der Waals surface area contributed by atoms with Gasteiger partial charge in [0.05, 0.1) is 12.5 Å². The number of Topliss-reactive ketones (excluding diaryl/α,β-unsaturated/α-hetero) is 1. The number of ketones is 1. The second-order valence-electron chi connectivity index (χ2n) is 4.78. The molecule has 1 fully saturated rings. The Morgan fingerprint density at radius 1 is 1.47 bits per heavy atom. The minimum absolute atomic E-state index is 0.111. The molecule has 5 heteroatoms. The summed E-state index contributed by atoms with van der Waals surface area (Å²) < 4.78 is 23.8. The van der Waals surface area contributed by atoms with Gasteiger partial charge in [-0.1, -0.05) is 0 Å². The first-order valence-corrected chi connectivity index (χ1v) is 6.29. The summed E-state index contributed by atoms with van der Waals surface area (Å²) in [5.41, 5.74) is 5.49. The second kappa shape index (κ2) is 5.67. The van der Waals surface area contributed by atoms with Gasteiger partial charge in [-0.15, -0.1) is 0 Å². The van der Waals surface area contributed by atoms with Crippen LogP contribution in [-0.2, 0) is 4.74 Å². The van der Waals surface area contributed by atoms with Gasteiger partial charge in [-0.3, -0.25) is 4.79 Å². The fraction of sp³-hybridized carbons (Fsp3) is 0.500. The summed E-state index contributed by atoms with van der Waals surface area (Å²) in [5, 5.41) is 0. The normalized spacial score (nSPS) is 18.1. The summed E-state index contributed by atoms with van der Waals surface area (Å²) in [4.78, 5) is 12.6. The standard InChI is InChI=1S/C14H18FNO3/c1-18-12-3-2-10(8-11(12)15)13(17)14(9-16)4-6-19-7-5-14/h2-3,8H,4-7,9,16H2,1H3. The molecule has 1 aliphatic heterocycles. The molecule has 2 N–H and O–H groups in total. The first-order valence-electron chi connectivity index (χ1n) is 6.29. The van der Waals surface area contributed by atoms with Gasteiger partial charge in [-0.05, 0) is 31.0 Å². The van der Waals surface area contributed by atoms with Crippen LogP contribution in [0.3, 0.4) is 0 Å². The molecular weight excluding hydrogens is 249 g/mol. The fourth-order valence-electron chi connectivity index (χ4n) is 2.40. The molecule has 1 aliphatic rings. The lowest BCUT2D eigenvalue weighted by Gasteiger charge is -2.34. The van der Waals surface area contributed by atoms with Crippen LogP contribution in [0.25, 0.3) is 0 Å². The Labute approximate surface area is 111 Å². The minimum Gasteiger partial charge on any atom is -0.494 e. The maximum atomic E-state index is 13.7. The van der Waals surface area contributed by atoms with Crippen molar-refractivity contribution in [3.63, 3.8) is 0 Å². The molecule has 1 aromatic rings. The molecule has 0 amide bonds. The van der Waals surface area contributed by atoms with E-state index in [0.717, 1.165) is 0 Å². The molecule has 0 aliphatic carbocycles. The molecule has 1 aromatic carbocycles. The average molecular weight is 267 g/mol. The number of rotatable bonds is 4. The quantitative estimate of drug-likeness (QED) is 0.845. The second-order valence-corrected chi connectivity index (χ2v) is 4.78. The van der Waals surface area contributed by atoms with Crippen LogP contribution in [0.4, 0.5) is 4.39 Å². The molecule has 0 aromatic heterocycles. The third kappa shape index (κ3) is 2.62. The van der Waals surface area contributed by atoms with E-state index >= 15 is 0 Å². The lowest BCUT2D eigenvalue weighted by Crippen LogP contribution is -2.43. The van der Waals surface area contributed by atoms with E-state index < -0.39 is 11.2 Å². The topological polar surface area (TPSA) is 61.5 Å². The summed E-state index contributed by atoms with van der Waals surface area (Å²) in [6.45, 7) is 1.28. The molecule has 0 saturated carbocycles. The van der Waals surface area contributed by atoms with E-state index in [-0.39, 0.29) is 18.1 Å². The zero-order valence-electron chi connectivity index (χ0n) is 10.9. The van der Waals surface area contributed by atoms with Gasteiger partial charge in [0.2, 0.25) is 0 Å². The molecule has 2 rings (SSSR count). The predicted octanol–water partition coefficient (Wildman–Crippen LogP) is 1.77. The molecule has 104 valence electrons. The number of methoxy groups -OCH3 is 1. The van der Waals surface area contributed by atoms with Crippen LogP contribution in [0, 0.1) is 11.2 Å². The summed E-state index contributed by atoms with van der Waals surface area (Å²) in [5.74, 6) is -0.516. The summed E-state index contributed by atoms with van der Waals surface area (Å²) in [6.07, 6.45) is 1.16. The van der Waals surface area contributed by atoms with Gasteiger partial charge in [0.1, 0.15) is 0 Å². The number of benzene rings is 1. The molecule has 0 bridgehead atoms. The third-order valence-electron chi connectivity index (χ3n) is 3.74. The number of carbonyl (C=O) groups is 1. The Kier molecular flexibility index (Phi) is 4.17. The number of nitrogens with two attached hydrogens (primary N) is 1. The number of ether oxygens (including phenoxy) is 2. The highest BCUT2D eigenvalue weighted by molar-refractivity contribution is 6.00. The summed E-state index contributed by atoms with van der Waals surface area (Å²) in [7, 11) is 1.39. The first-order chi connectivity index (χ1) is 9.13. The van der Waals surface area contributed by atoms with Crippen molar-refractivity contribution in [1.82, 2.24) is 0 Å². The van der Waals surface area contributed by atoms with E-state index in [1.807, 2.05) is 0 Å². The maximum Gasteiger partial charge on any atom is 0.170 e. The number of halogens is 1. The van der Waals surface area contributed by atoms with Crippen LogP contribution in [0.2, 0.25) is 0 Å². The van der Waals surface area contributed by atoms with Crippen molar-refractivity contribution in [1.29, 1.82) is 0 Å². The first kappa shape index (κ1) is 14.0. The number of carbonyl (C=O) groups excluding carboxylic acids is 1. The van der Waals surface area contributed by atoms with Gasteiger partial charge in [0.15, 0.2) is 17.3 Å². The van der Waals surface area contributed by atoms with Crippen LogP contribution in [-0.4, -0.2) is 32.7 Å². The molecule has 1 heterocycles. The van der Waals surface area contributed by atoms with Crippen LogP contribution in [0.1, 0.15) is 23.2 Å². The predicted molar refractivity (Wildman–Crippen MR) is 68.8 cm³/mol. The van der Waals surface area contributed by atoms with E-state index in [2.05, 4.69) is 0 Å². The summed E-state index contributed by atoms with van der Waals surface area (Å²) >= 11 is 0. The molecule has 19 heavy (non-hydrogen) atoms. The van der Waals surface area contributed by atoms with Crippen molar-refractivity contribution in [3.05, 3.63) is 29.6 Å². The van der Waals surface area contributed by atoms with Gasteiger partial charge in [-0.25, -0.2) is 4.39 Å². The van der Waals surface area contributed by atoms with Crippen molar-refractivity contribution >= 4 is 5.78 Å². The van der Waals surface area contributed by atoms with Gasteiger partial charge < -0.3 is 15.2 Å². The monoisotopic (exact) mass is 267 g/mol. The van der Waals surface area contributed by atoms with E-state index in [1.165, 1.54) is 19.2 Å². The lowest BCUT2D eigenvalue weighted by molar-refractivity contribution is 0.0200. The van der Waals surface area contributed by atoms with Gasteiger partial charge in [0.25, 0.3) is 0 Å². The summed E-state index contributed by atoms with van der Waals surface area (Å²) in [6, 6.07) is 4.26. The van der Waals surface area contributed by atoms with E-state index in [1.54, 1.807) is 6.07 Å². The Morgan fingerprint density at radius 3 is 2.68 bits per heavy atom. The largest absolute Gasteiger partial charge is 0.494 e. The molecule has 0 atom stereocenters. The third-order valence-corrected chi connectivity index (χ3v) is 3.74. The average Bonchev–Trinajstić information content (AvgIpc) is 2.47. The highest BCUT2D eigenvalue weighted by atomic mass is 19.1. The van der Waals surface area contributed by atoms with Crippen LogP contribution in [0.5, 0.6) is 5.75 Å². The van der Waals surface area contributed by atoms with Crippen molar-refractivity contribution in [2.24, 2.45) is 11.1 Å². The van der Waals surface area contributed by atoms with E-state index in [4.69, 9.17) is 15.2 Å². The maximum absolute atomic E-state index is 13.7. The van der Waals surface area contributed by atoms with Crippen molar-refractivity contribution < 1.29 is 18.7 Å². The van der Waals surface area contributed by atoms with Crippen LogP contribution >= 0.6 is 0 Å². The number of hydrogen-bond donors (Lipinski definition) is 1. The van der Waals surface area contributed by atoms with Crippen LogP contribution < -0.4 is 10.5 Å². The fourth-order valence-corrected chi connectivity index (χ4v) is 2.40. The van der Waals surface area contributed by atoms with Crippen molar-refractivity contribution in [2.45, 2.75) is 12.8 Å². The Bertz CT molecular complexity index is 470. The zero-order valence-corrected chi connectivity index (χ0v) is 10.9. The van der Waals surface area contributed by atoms with E-state index in [9.17, 15) is 9.18 Å². The highest BCUT2D eigenvalue weighted by Crippen LogP contribution is 2.34. The highest BCUT2D eigenvalue weighted by Gasteiger charge is 2.39. The number of hydrogen-bond acceptors (Lipinski definition) is 4. The molecule has 4 nitrogen and oxygen atoms in total. The molecule has 1 saturated heterocycles. The van der Waals surface area contributed by atoms with Gasteiger partial charge in [0, 0.05) is 25.3 Å². The SMILES string of the molecule is COc1ccc(C(=O)C2(CN)CCOCC2)cc1F. The Hall–Kier alpha value is -1.46. The van der Waals surface area contributed by atoms with Gasteiger partial charge in [-0.2, -0.15) is 0 Å². The molecule has 0 radical (unpaired) electrons. The smallest absolute Gasteiger partial charge is 0.170 e.